The van der Waals surface area contributed by atoms with Crippen molar-refractivity contribution < 1.29 is 9.18 Å². The van der Waals surface area contributed by atoms with Gasteiger partial charge in [0.2, 0.25) is 0 Å². The van der Waals surface area contributed by atoms with Crippen LogP contribution in [0.1, 0.15) is 28.7 Å². The lowest BCUT2D eigenvalue weighted by Gasteiger charge is -2.06. The van der Waals surface area contributed by atoms with Crippen molar-refractivity contribution in [2.24, 2.45) is 0 Å². The highest BCUT2D eigenvalue weighted by atomic mass is 19.1. The number of halogens is 1. The van der Waals surface area contributed by atoms with Crippen LogP contribution in [0.25, 0.3) is 11.0 Å². The fourth-order valence-electron chi connectivity index (χ4n) is 2.29. The van der Waals surface area contributed by atoms with Crippen LogP contribution in [-0.4, -0.2) is 15.9 Å². The van der Waals surface area contributed by atoms with Crippen molar-refractivity contribution in [1.82, 2.24) is 15.3 Å². The highest BCUT2D eigenvalue weighted by Crippen LogP contribution is 2.14. The summed E-state index contributed by atoms with van der Waals surface area (Å²) in [5.74, 6) is 0.330. The summed E-state index contributed by atoms with van der Waals surface area (Å²) in [7, 11) is 0. The van der Waals surface area contributed by atoms with E-state index < -0.39 is 0 Å². The summed E-state index contributed by atoms with van der Waals surface area (Å²) in [5.41, 5.74) is 2.65. The standard InChI is InChI=1S/C17H16FN3O/c1-2-16-20-14-8-7-11(9-15(14)21-16)17(22)19-10-12-5-3-4-6-13(12)18/h3-9H,2,10H2,1H3,(H,19,22)(H,20,21). The van der Waals surface area contributed by atoms with Gasteiger partial charge in [0.1, 0.15) is 11.6 Å². The number of rotatable bonds is 4. The first kappa shape index (κ1) is 14.3. The Morgan fingerprint density at radius 3 is 2.86 bits per heavy atom. The first-order valence-electron chi connectivity index (χ1n) is 7.17. The van der Waals surface area contributed by atoms with Gasteiger partial charge in [0.15, 0.2) is 0 Å². The van der Waals surface area contributed by atoms with E-state index in [1.165, 1.54) is 6.07 Å². The van der Waals surface area contributed by atoms with Crippen molar-refractivity contribution >= 4 is 16.9 Å². The van der Waals surface area contributed by atoms with E-state index in [0.717, 1.165) is 23.3 Å². The Balaban J connectivity index is 1.76. The first-order chi connectivity index (χ1) is 10.7. The molecule has 22 heavy (non-hydrogen) atoms. The third kappa shape index (κ3) is 2.83. The molecule has 0 spiro atoms. The van der Waals surface area contributed by atoms with Crippen LogP contribution < -0.4 is 5.32 Å². The van der Waals surface area contributed by atoms with Gasteiger partial charge in [0.05, 0.1) is 11.0 Å². The fourth-order valence-corrected chi connectivity index (χ4v) is 2.29. The molecule has 2 N–H and O–H groups in total. The van der Waals surface area contributed by atoms with Gasteiger partial charge in [-0.25, -0.2) is 9.37 Å². The molecule has 3 aromatic rings. The maximum Gasteiger partial charge on any atom is 0.251 e. The molecule has 0 saturated heterocycles. The number of aromatic amines is 1. The molecule has 0 radical (unpaired) electrons. The van der Waals surface area contributed by atoms with Crippen LogP contribution in [0.15, 0.2) is 42.5 Å². The van der Waals surface area contributed by atoms with Crippen molar-refractivity contribution in [3.63, 3.8) is 0 Å². The Labute approximate surface area is 127 Å². The molecule has 112 valence electrons. The zero-order valence-corrected chi connectivity index (χ0v) is 12.2. The van der Waals surface area contributed by atoms with E-state index in [4.69, 9.17) is 0 Å². The normalized spacial score (nSPS) is 10.8. The lowest BCUT2D eigenvalue weighted by molar-refractivity contribution is 0.0950. The summed E-state index contributed by atoms with van der Waals surface area (Å²) in [5, 5.41) is 2.73. The third-order valence-corrected chi connectivity index (χ3v) is 3.53. The second-order valence-corrected chi connectivity index (χ2v) is 5.04. The summed E-state index contributed by atoms with van der Waals surface area (Å²) < 4.78 is 13.5. The number of imidazole rings is 1. The quantitative estimate of drug-likeness (QED) is 0.777. The minimum atomic E-state index is -0.320. The number of nitrogens with zero attached hydrogens (tertiary/aromatic N) is 1. The van der Waals surface area contributed by atoms with Crippen LogP contribution in [-0.2, 0) is 13.0 Å². The SMILES string of the molecule is CCc1nc2ccc(C(=O)NCc3ccccc3F)cc2[nH]1. The molecule has 0 fully saturated rings. The number of hydrogen-bond acceptors (Lipinski definition) is 2. The monoisotopic (exact) mass is 297 g/mol. The molecule has 0 aliphatic carbocycles. The molecule has 0 aliphatic rings. The molecule has 2 aromatic carbocycles. The predicted molar refractivity (Wildman–Crippen MR) is 83.0 cm³/mol. The van der Waals surface area contributed by atoms with Crippen molar-refractivity contribution in [1.29, 1.82) is 0 Å². The zero-order valence-electron chi connectivity index (χ0n) is 12.2. The van der Waals surface area contributed by atoms with E-state index in [0.29, 0.717) is 11.1 Å². The van der Waals surface area contributed by atoms with Crippen LogP contribution >= 0.6 is 0 Å². The van der Waals surface area contributed by atoms with Gasteiger partial charge < -0.3 is 10.3 Å². The number of nitrogens with one attached hydrogen (secondary N) is 2. The van der Waals surface area contributed by atoms with Gasteiger partial charge in [-0.15, -0.1) is 0 Å². The van der Waals surface area contributed by atoms with Crippen LogP contribution in [0.2, 0.25) is 0 Å². The lowest BCUT2D eigenvalue weighted by Crippen LogP contribution is -2.23. The van der Waals surface area contributed by atoms with E-state index in [1.54, 1.807) is 30.3 Å². The molecular formula is C17H16FN3O. The van der Waals surface area contributed by atoms with Gasteiger partial charge in [0.25, 0.3) is 5.91 Å². The molecule has 1 amide bonds. The highest BCUT2D eigenvalue weighted by molar-refractivity contribution is 5.97. The van der Waals surface area contributed by atoms with E-state index in [1.807, 2.05) is 13.0 Å². The number of carbonyl (C=O) groups is 1. The van der Waals surface area contributed by atoms with Gasteiger partial charge >= 0.3 is 0 Å². The van der Waals surface area contributed by atoms with Gasteiger partial charge in [-0.1, -0.05) is 25.1 Å². The predicted octanol–water partition coefficient (Wildman–Crippen LogP) is 3.19. The fraction of sp³-hybridized carbons (Fsp3) is 0.176. The average Bonchev–Trinajstić information content (AvgIpc) is 2.96. The Hall–Kier alpha value is -2.69. The molecule has 0 saturated carbocycles. The number of carbonyl (C=O) groups excluding carboxylic acids is 1. The number of aromatic nitrogens is 2. The Kier molecular flexibility index (Phi) is 3.87. The topological polar surface area (TPSA) is 57.8 Å². The molecular weight excluding hydrogens is 281 g/mol. The Morgan fingerprint density at radius 1 is 1.27 bits per heavy atom. The molecule has 0 bridgehead atoms. The third-order valence-electron chi connectivity index (χ3n) is 3.53. The summed E-state index contributed by atoms with van der Waals surface area (Å²) >= 11 is 0. The molecule has 1 heterocycles. The number of H-pyrrole nitrogens is 1. The van der Waals surface area contributed by atoms with Crippen molar-refractivity contribution in [2.45, 2.75) is 19.9 Å². The summed E-state index contributed by atoms with van der Waals surface area (Å²) in [6.07, 6.45) is 0.809. The zero-order chi connectivity index (χ0) is 15.5. The molecule has 4 nitrogen and oxygen atoms in total. The molecule has 1 aromatic heterocycles. The van der Waals surface area contributed by atoms with Gasteiger partial charge in [-0.2, -0.15) is 0 Å². The lowest BCUT2D eigenvalue weighted by atomic mass is 10.1. The number of aryl methyl sites for hydroxylation is 1. The van der Waals surface area contributed by atoms with Crippen LogP contribution in [0.4, 0.5) is 4.39 Å². The smallest absolute Gasteiger partial charge is 0.251 e. The maximum atomic E-state index is 13.5. The number of hydrogen-bond donors (Lipinski definition) is 2. The van der Waals surface area contributed by atoms with E-state index in [2.05, 4.69) is 15.3 Å². The van der Waals surface area contributed by atoms with Crippen molar-refractivity contribution in [2.75, 3.05) is 0 Å². The second-order valence-electron chi connectivity index (χ2n) is 5.04. The molecule has 0 unspecified atom stereocenters. The van der Waals surface area contributed by atoms with E-state index in [-0.39, 0.29) is 18.3 Å². The summed E-state index contributed by atoms with van der Waals surface area (Å²) in [6, 6.07) is 11.7. The largest absolute Gasteiger partial charge is 0.348 e. The first-order valence-corrected chi connectivity index (χ1v) is 7.17. The maximum absolute atomic E-state index is 13.5. The minimum Gasteiger partial charge on any atom is -0.348 e. The van der Waals surface area contributed by atoms with Crippen LogP contribution in [0.3, 0.4) is 0 Å². The minimum absolute atomic E-state index is 0.159. The molecule has 3 rings (SSSR count). The van der Waals surface area contributed by atoms with Crippen molar-refractivity contribution in [3.8, 4) is 0 Å². The summed E-state index contributed by atoms with van der Waals surface area (Å²) in [6.45, 7) is 2.17. The van der Waals surface area contributed by atoms with E-state index in [9.17, 15) is 9.18 Å². The van der Waals surface area contributed by atoms with E-state index >= 15 is 0 Å². The molecule has 0 aliphatic heterocycles. The Morgan fingerprint density at radius 2 is 2.09 bits per heavy atom. The number of amides is 1. The van der Waals surface area contributed by atoms with Gasteiger partial charge in [-0.3, -0.25) is 4.79 Å². The van der Waals surface area contributed by atoms with Crippen LogP contribution in [0.5, 0.6) is 0 Å². The number of benzene rings is 2. The van der Waals surface area contributed by atoms with Gasteiger partial charge in [-0.05, 0) is 24.3 Å². The van der Waals surface area contributed by atoms with Gasteiger partial charge in [0, 0.05) is 24.1 Å². The second kappa shape index (κ2) is 5.97. The van der Waals surface area contributed by atoms with Crippen molar-refractivity contribution in [3.05, 3.63) is 65.2 Å². The number of fused-ring (bicyclic) bond motifs is 1. The molecule has 0 atom stereocenters. The summed E-state index contributed by atoms with van der Waals surface area (Å²) in [4.78, 5) is 19.8. The average molecular weight is 297 g/mol. The Bertz CT molecular complexity index is 826. The van der Waals surface area contributed by atoms with Crippen LogP contribution in [0, 0.1) is 5.82 Å². The highest BCUT2D eigenvalue weighted by Gasteiger charge is 2.09. The molecule has 5 heteroatoms.